The Balaban J connectivity index is 2.18. The summed E-state index contributed by atoms with van der Waals surface area (Å²) in [5.74, 6) is 0.430. The van der Waals surface area contributed by atoms with Gasteiger partial charge in [0.25, 0.3) is 0 Å². The molecule has 1 aromatic heterocycles. The first kappa shape index (κ1) is 18.6. The lowest BCUT2D eigenvalue weighted by Crippen LogP contribution is -2.34. The summed E-state index contributed by atoms with van der Waals surface area (Å²) in [4.78, 5) is 13.5. The molecule has 0 saturated heterocycles. The van der Waals surface area contributed by atoms with E-state index < -0.39 is 0 Å². The van der Waals surface area contributed by atoms with E-state index in [0.717, 1.165) is 10.4 Å². The third kappa shape index (κ3) is 4.90. The zero-order chi connectivity index (χ0) is 17.5. The molecule has 2 aromatic rings. The quantitative estimate of drug-likeness (QED) is 0.769. The lowest BCUT2D eigenvalue weighted by molar-refractivity contribution is -0.123. The van der Waals surface area contributed by atoms with Gasteiger partial charge >= 0.3 is 0 Å². The molecule has 0 bridgehead atoms. The van der Waals surface area contributed by atoms with Gasteiger partial charge in [-0.3, -0.25) is 4.79 Å². The summed E-state index contributed by atoms with van der Waals surface area (Å²) in [6.45, 7) is 4.67. The summed E-state index contributed by atoms with van der Waals surface area (Å²) >= 11 is 1.64. The normalized spacial score (nSPS) is 13.7. The first-order valence-corrected chi connectivity index (χ1v) is 9.08. The Labute approximate surface area is 148 Å². The van der Waals surface area contributed by atoms with Gasteiger partial charge < -0.3 is 15.8 Å². The van der Waals surface area contributed by atoms with E-state index in [1.807, 2.05) is 17.5 Å². The summed E-state index contributed by atoms with van der Waals surface area (Å²) in [6.07, 6.45) is 0.0104. The molecule has 0 saturated carbocycles. The molecule has 0 fully saturated rings. The molecule has 3 N–H and O–H groups in total. The molecule has 1 amide bonds. The molecule has 2 unspecified atom stereocenters. The van der Waals surface area contributed by atoms with Crippen molar-refractivity contribution in [1.82, 2.24) is 5.32 Å². The van der Waals surface area contributed by atoms with Gasteiger partial charge in [0.2, 0.25) is 5.91 Å². The second-order valence-corrected chi connectivity index (χ2v) is 7.11. The van der Waals surface area contributed by atoms with Crippen LogP contribution in [-0.4, -0.2) is 25.7 Å². The van der Waals surface area contributed by atoms with E-state index in [9.17, 15) is 4.79 Å². The molecule has 0 radical (unpaired) electrons. The number of nitrogens with two attached hydrogens (primary N) is 1. The van der Waals surface area contributed by atoms with Gasteiger partial charge in [-0.1, -0.05) is 44.2 Å². The van der Waals surface area contributed by atoms with Crippen LogP contribution in [0.2, 0.25) is 0 Å². The Morgan fingerprint density at radius 3 is 2.38 bits per heavy atom. The van der Waals surface area contributed by atoms with Crippen molar-refractivity contribution in [3.05, 3.63) is 57.8 Å². The lowest BCUT2D eigenvalue weighted by Gasteiger charge is -2.20. The topological polar surface area (TPSA) is 64.3 Å². The number of ether oxygens (including phenoxy) is 1. The van der Waals surface area contributed by atoms with Crippen LogP contribution in [0.3, 0.4) is 0 Å². The number of benzene rings is 1. The molecule has 4 nitrogen and oxygen atoms in total. The van der Waals surface area contributed by atoms with Gasteiger partial charge in [0.15, 0.2) is 0 Å². The highest BCUT2D eigenvalue weighted by molar-refractivity contribution is 7.10. The molecule has 130 valence electrons. The Bertz CT molecular complexity index is 619. The number of nitrogens with one attached hydrogen (secondary N) is 1. The average molecular weight is 346 g/mol. The first-order chi connectivity index (χ1) is 11.5. The zero-order valence-corrected chi connectivity index (χ0v) is 15.3. The number of amides is 1. The number of hydrogen-bond acceptors (Lipinski definition) is 4. The van der Waals surface area contributed by atoms with E-state index in [1.54, 1.807) is 18.4 Å². The van der Waals surface area contributed by atoms with Crippen molar-refractivity contribution < 1.29 is 9.53 Å². The summed E-state index contributed by atoms with van der Waals surface area (Å²) in [5.41, 5.74) is 7.98. The molecular weight excluding hydrogens is 320 g/mol. The van der Waals surface area contributed by atoms with E-state index in [1.165, 1.54) is 5.56 Å². The second kappa shape index (κ2) is 8.97. The van der Waals surface area contributed by atoms with Crippen molar-refractivity contribution >= 4 is 17.2 Å². The van der Waals surface area contributed by atoms with Gasteiger partial charge in [-0.05, 0) is 28.5 Å². The molecule has 2 atom stereocenters. The summed E-state index contributed by atoms with van der Waals surface area (Å²) in [7, 11) is 1.58. The number of carbonyl (C=O) groups is 1. The predicted molar refractivity (Wildman–Crippen MR) is 99.3 cm³/mol. The van der Waals surface area contributed by atoms with Crippen molar-refractivity contribution in [2.75, 3.05) is 13.7 Å². The van der Waals surface area contributed by atoms with Gasteiger partial charge in [-0.25, -0.2) is 0 Å². The van der Waals surface area contributed by atoms with Crippen LogP contribution in [0.25, 0.3) is 0 Å². The Kier molecular flexibility index (Phi) is 6.97. The van der Waals surface area contributed by atoms with E-state index in [2.05, 4.69) is 43.4 Å². The molecule has 5 heteroatoms. The maximum atomic E-state index is 12.4. The fourth-order valence-electron chi connectivity index (χ4n) is 2.54. The van der Waals surface area contributed by atoms with Gasteiger partial charge in [0, 0.05) is 18.5 Å². The summed E-state index contributed by atoms with van der Waals surface area (Å²) < 4.78 is 5.21. The minimum absolute atomic E-state index is 0.0568. The smallest absolute Gasteiger partial charge is 0.223 e. The maximum Gasteiger partial charge on any atom is 0.223 e. The van der Waals surface area contributed by atoms with Crippen LogP contribution in [0.1, 0.15) is 48.2 Å². The molecule has 0 spiro atoms. The third-order valence-electron chi connectivity index (χ3n) is 4.08. The average Bonchev–Trinajstić information content (AvgIpc) is 3.12. The van der Waals surface area contributed by atoms with Crippen LogP contribution in [0.4, 0.5) is 0 Å². The molecule has 24 heavy (non-hydrogen) atoms. The molecule has 0 aliphatic rings. The standard InChI is InChI=1S/C19H26N2O2S/c1-13(2)14-6-8-15(9-7-14)19(17-5-4-10-24-17)21-18(22)11-16(12-20)23-3/h4-10,13,16,19H,11-12,20H2,1-3H3,(H,21,22). The van der Waals surface area contributed by atoms with Crippen LogP contribution in [0.15, 0.2) is 41.8 Å². The highest BCUT2D eigenvalue weighted by Gasteiger charge is 2.20. The van der Waals surface area contributed by atoms with Crippen LogP contribution < -0.4 is 11.1 Å². The van der Waals surface area contributed by atoms with Crippen LogP contribution in [0, 0.1) is 0 Å². The van der Waals surface area contributed by atoms with Crippen molar-refractivity contribution in [1.29, 1.82) is 0 Å². The van der Waals surface area contributed by atoms with E-state index in [4.69, 9.17) is 10.5 Å². The van der Waals surface area contributed by atoms with Crippen molar-refractivity contribution in [3.8, 4) is 0 Å². The van der Waals surface area contributed by atoms with Gasteiger partial charge in [0.05, 0.1) is 18.6 Å². The highest BCUT2D eigenvalue weighted by Crippen LogP contribution is 2.27. The molecule has 0 aliphatic carbocycles. The fraction of sp³-hybridized carbons (Fsp3) is 0.421. The predicted octanol–water partition coefficient (Wildman–Crippen LogP) is 3.44. The van der Waals surface area contributed by atoms with Crippen molar-refractivity contribution in [2.45, 2.75) is 38.3 Å². The first-order valence-electron chi connectivity index (χ1n) is 8.20. The third-order valence-corrected chi connectivity index (χ3v) is 5.02. The Hall–Kier alpha value is -1.69. The minimum atomic E-state index is -0.252. The maximum absolute atomic E-state index is 12.4. The van der Waals surface area contributed by atoms with Crippen LogP contribution in [0.5, 0.6) is 0 Å². The van der Waals surface area contributed by atoms with E-state index >= 15 is 0 Å². The monoisotopic (exact) mass is 346 g/mol. The molecule has 2 rings (SSSR count). The second-order valence-electron chi connectivity index (χ2n) is 6.13. The van der Waals surface area contributed by atoms with Crippen molar-refractivity contribution in [2.24, 2.45) is 5.73 Å². The molecule has 1 heterocycles. The van der Waals surface area contributed by atoms with Crippen molar-refractivity contribution in [3.63, 3.8) is 0 Å². The minimum Gasteiger partial charge on any atom is -0.380 e. The van der Waals surface area contributed by atoms with Crippen LogP contribution in [-0.2, 0) is 9.53 Å². The number of methoxy groups -OCH3 is 1. The number of hydrogen-bond donors (Lipinski definition) is 2. The number of thiophene rings is 1. The van der Waals surface area contributed by atoms with Gasteiger partial charge in [-0.2, -0.15) is 0 Å². The SMILES string of the molecule is COC(CN)CC(=O)NC(c1ccc(C(C)C)cc1)c1cccs1. The largest absolute Gasteiger partial charge is 0.380 e. The molecule has 0 aliphatic heterocycles. The van der Waals surface area contributed by atoms with E-state index in [0.29, 0.717) is 12.5 Å². The summed E-state index contributed by atoms with van der Waals surface area (Å²) in [5, 5.41) is 5.14. The van der Waals surface area contributed by atoms with E-state index in [-0.39, 0.29) is 24.5 Å². The van der Waals surface area contributed by atoms with Gasteiger partial charge in [0.1, 0.15) is 0 Å². The Morgan fingerprint density at radius 2 is 1.88 bits per heavy atom. The number of rotatable bonds is 8. The lowest BCUT2D eigenvalue weighted by atomic mass is 9.98. The number of carbonyl (C=O) groups excluding carboxylic acids is 1. The zero-order valence-electron chi connectivity index (χ0n) is 14.5. The highest BCUT2D eigenvalue weighted by atomic mass is 32.1. The van der Waals surface area contributed by atoms with Crippen LogP contribution >= 0.6 is 11.3 Å². The Morgan fingerprint density at radius 1 is 1.21 bits per heavy atom. The molecular formula is C19H26N2O2S. The summed E-state index contributed by atoms with van der Waals surface area (Å²) in [6, 6.07) is 12.3. The molecule has 1 aromatic carbocycles. The van der Waals surface area contributed by atoms with Gasteiger partial charge in [-0.15, -0.1) is 11.3 Å². The fourth-order valence-corrected chi connectivity index (χ4v) is 3.34.